The summed E-state index contributed by atoms with van der Waals surface area (Å²) in [5, 5.41) is 5.56. The molecule has 110 valence electrons. The lowest BCUT2D eigenvalue weighted by molar-refractivity contribution is 0.156. The number of hydrogen-bond donors (Lipinski definition) is 2. The fraction of sp³-hybridized carbons (Fsp3) is 0.667. The molecule has 0 aromatic rings. The van der Waals surface area contributed by atoms with Crippen LogP contribution in [0.15, 0.2) is 12.2 Å². The number of nitrogens with one attached hydrogen (secondary N) is 2. The summed E-state index contributed by atoms with van der Waals surface area (Å²) in [4.78, 5) is 11.2. The maximum absolute atomic E-state index is 11.2. The molecule has 4 heteroatoms. The van der Waals surface area contributed by atoms with Crippen LogP contribution in [0.3, 0.4) is 0 Å². The van der Waals surface area contributed by atoms with Crippen molar-refractivity contribution in [2.24, 2.45) is 5.92 Å². The van der Waals surface area contributed by atoms with Gasteiger partial charge in [-0.15, -0.1) is 0 Å². The first kappa shape index (κ1) is 19.9. The molecule has 0 aliphatic carbocycles. The second-order valence-corrected chi connectivity index (χ2v) is 4.01. The summed E-state index contributed by atoms with van der Waals surface area (Å²) < 4.78 is 4.96. The molecule has 0 saturated carbocycles. The first-order chi connectivity index (χ1) is 9.06. The fourth-order valence-corrected chi connectivity index (χ4v) is 0.964. The summed E-state index contributed by atoms with van der Waals surface area (Å²) in [6.45, 7) is 13.2. The minimum Gasteiger partial charge on any atom is -0.445 e. The minimum atomic E-state index is -0.450. The highest BCUT2D eigenvalue weighted by molar-refractivity contribution is 5.67. The van der Waals surface area contributed by atoms with Crippen molar-refractivity contribution < 1.29 is 9.53 Å². The van der Waals surface area contributed by atoms with Crippen LogP contribution in [0, 0.1) is 17.8 Å². The molecule has 19 heavy (non-hydrogen) atoms. The summed E-state index contributed by atoms with van der Waals surface area (Å²) in [7, 11) is 1.87. The van der Waals surface area contributed by atoms with Gasteiger partial charge in [-0.25, -0.2) is 4.79 Å². The number of alkyl carbamates (subject to hydrolysis) is 1. The Morgan fingerprint density at radius 2 is 2.00 bits per heavy atom. The van der Waals surface area contributed by atoms with Crippen molar-refractivity contribution in [3.05, 3.63) is 12.2 Å². The van der Waals surface area contributed by atoms with Gasteiger partial charge >= 0.3 is 6.09 Å². The molecule has 0 rings (SSSR count). The quantitative estimate of drug-likeness (QED) is 0.575. The van der Waals surface area contributed by atoms with Gasteiger partial charge in [0.2, 0.25) is 0 Å². The Morgan fingerprint density at radius 3 is 2.53 bits per heavy atom. The first-order valence-electron chi connectivity index (χ1n) is 6.76. The van der Waals surface area contributed by atoms with Gasteiger partial charge in [0.05, 0.1) is 6.54 Å². The number of rotatable bonds is 6. The lowest BCUT2D eigenvalue weighted by atomic mass is 10.2. The lowest BCUT2D eigenvalue weighted by Crippen LogP contribution is -2.25. The van der Waals surface area contributed by atoms with Crippen molar-refractivity contribution in [3.8, 4) is 11.8 Å². The lowest BCUT2D eigenvalue weighted by Gasteiger charge is -2.07. The molecule has 0 aromatic carbocycles. The van der Waals surface area contributed by atoms with Gasteiger partial charge in [-0.1, -0.05) is 46.1 Å². The molecule has 0 aliphatic heterocycles. The highest BCUT2D eigenvalue weighted by Crippen LogP contribution is 1.97. The van der Waals surface area contributed by atoms with Crippen molar-refractivity contribution in [2.45, 2.75) is 34.1 Å². The second kappa shape index (κ2) is 14.6. The van der Waals surface area contributed by atoms with Gasteiger partial charge in [-0.3, -0.25) is 0 Å². The number of hydrogen-bond acceptors (Lipinski definition) is 3. The molecular formula is C15H28N2O2. The molecular weight excluding hydrogens is 240 g/mol. The zero-order valence-electron chi connectivity index (χ0n) is 12.9. The van der Waals surface area contributed by atoms with Crippen molar-refractivity contribution in [1.29, 1.82) is 0 Å². The van der Waals surface area contributed by atoms with Crippen LogP contribution in [0.1, 0.15) is 34.1 Å². The second-order valence-electron chi connectivity index (χ2n) is 4.01. The van der Waals surface area contributed by atoms with E-state index in [0.29, 0.717) is 12.5 Å². The normalized spacial score (nSPS) is 8.74. The molecule has 0 aliphatic rings. The van der Waals surface area contributed by atoms with E-state index >= 15 is 0 Å². The summed E-state index contributed by atoms with van der Waals surface area (Å²) in [5.74, 6) is 6.10. The smallest absolute Gasteiger partial charge is 0.408 e. The van der Waals surface area contributed by atoms with Crippen molar-refractivity contribution in [2.75, 3.05) is 26.7 Å². The maximum Gasteiger partial charge on any atom is 0.408 e. The third-order valence-corrected chi connectivity index (χ3v) is 1.85. The van der Waals surface area contributed by atoms with Crippen LogP contribution < -0.4 is 10.6 Å². The third-order valence-electron chi connectivity index (χ3n) is 1.85. The highest BCUT2D eigenvalue weighted by Gasteiger charge is 2.01. The zero-order chi connectivity index (χ0) is 15.1. The summed E-state index contributed by atoms with van der Waals surface area (Å²) >= 11 is 0. The van der Waals surface area contributed by atoms with E-state index in [4.69, 9.17) is 4.74 Å². The molecule has 0 radical (unpaired) electrons. The van der Waals surface area contributed by atoms with Crippen LogP contribution in [0.5, 0.6) is 0 Å². The van der Waals surface area contributed by atoms with Gasteiger partial charge in [-0.2, -0.15) is 0 Å². The minimum absolute atomic E-state index is 0.255. The van der Waals surface area contributed by atoms with E-state index in [1.165, 1.54) is 0 Å². The number of amides is 1. The fourth-order valence-electron chi connectivity index (χ4n) is 0.964. The van der Waals surface area contributed by atoms with Crippen molar-refractivity contribution in [3.63, 3.8) is 0 Å². The summed E-state index contributed by atoms with van der Waals surface area (Å²) in [6.07, 6.45) is 0.352. The molecule has 0 saturated heterocycles. The van der Waals surface area contributed by atoms with E-state index in [1.54, 1.807) is 0 Å². The van der Waals surface area contributed by atoms with Gasteiger partial charge < -0.3 is 15.4 Å². The van der Waals surface area contributed by atoms with E-state index in [1.807, 2.05) is 34.7 Å². The van der Waals surface area contributed by atoms with E-state index in [-0.39, 0.29) is 6.61 Å². The molecule has 1 amide bonds. The van der Waals surface area contributed by atoms with E-state index in [9.17, 15) is 4.79 Å². The molecule has 0 fully saturated rings. The monoisotopic (exact) mass is 268 g/mol. The van der Waals surface area contributed by atoms with Crippen LogP contribution in [0.4, 0.5) is 4.79 Å². The Labute approximate surface area is 118 Å². The van der Waals surface area contributed by atoms with Crippen molar-refractivity contribution in [1.82, 2.24) is 10.6 Å². The largest absolute Gasteiger partial charge is 0.445 e. The summed E-state index contributed by atoms with van der Waals surface area (Å²) in [6, 6.07) is 0. The van der Waals surface area contributed by atoms with Gasteiger partial charge in [0.15, 0.2) is 0 Å². The topological polar surface area (TPSA) is 50.4 Å². The van der Waals surface area contributed by atoms with Crippen LogP contribution in [0.25, 0.3) is 0 Å². The Bertz CT molecular complexity index is 301. The zero-order valence-corrected chi connectivity index (χ0v) is 12.9. The predicted octanol–water partition coefficient (Wildman–Crippen LogP) is 2.56. The van der Waals surface area contributed by atoms with Gasteiger partial charge in [-0.05, 0) is 25.6 Å². The third kappa shape index (κ3) is 16.5. The maximum atomic E-state index is 11.2. The molecule has 0 aromatic heterocycles. The first-order valence-corrected chi connectivity index (χ1v) is 6.76. The van der Waals surface area contributed by atoms with Crippen LogP contribution >= 0.6 is 0 Å². The van der Waals surface area contributed by atoms with Gasteiger partial charge in [0.25, 0.3) is 0 Å². The molecule has 0 unspecified atom stereocenters. The Balaban J connectivity index is 0. The Morgan fingerprint density at radius 1 is 1.37 bits per heavy atom. The average Bonchev–Trinajstić information content (AvgIpc) is 2.41. The van der Waals surface area contributed by atoms with Crippen LogP contribution in [-0.4, -0.2) is 32.8 Å². The SMILES string of the molecule is C=C(CCNC)COC(=O)NCC#CC(C)C.CC. The van der Waals surface area contributed by atoms with Crippen LogP contribution in [-0.2, 0) is 4.74 Å². The molecule has 0 spiro atoms. The van der Waals surface area contributed by atoms with E-state index in [0.717, 1.165) is 18.5 Å². The highest BCUT2D eigenvalue weighted by atomic mass is 16.5. The molecule has 0 atom stereocenters. The molecule has 4 nitrogen and oxygen atoms in total. The van der Waals surface area contributed by atoms with E-state index < -0.39 is 6.09 Å². The van der Waals surface area contributed by atoms with Gasteiger partial charge in [0, 0.05) is 5.92 Å². The standard InChI is InChI=1S/C13H22N2O2.C2H6/c1-11(2)6-5-8-15-13(16)17-10-12(3)7-9-14-4;1-2/h11,14H,3,7-10H2,1-2,4H3,(H,15,16);1-2H3. The molecule has 0 bridgehead atoms. The van der Waals surface area contributed by atoms with Crippen LogP contribution in [0.2, 0.25) is 0 Å². The summed E-state index contributed by atoms with van der Waals surface area (Å²) in [5.41, 5.74) is 0.891. The Hall–Kier alpha value is -1.47. The average molecular weight is 268 g/mol. The predicted molar refractivity (Wildman–Crippen MR) is 81.0 cm³/mol. The van der Waals surface area contributed by atoms with Crippen molar-refractivity contribution >= 4 is 6.09 Å². The number of carbonyl (C=O) groups excluding carboxylic acids is 1. The Kier molecular flexibility index (Phi) is 15.3. The molecule has 2 N–H and O–H groups in total. The number of ether oxygens (including phenoxy) is 1. The van der Waals surface area contributed by atoms with E-state index in [2.05, 4.69) is 29.1 Å². The van der Waals surface area contributed by atoms with Gasteiger partial charge in [0.1, 0.15) is 6.61 Å². The molecule has 0 heterocycles. The number of carbonyl (C=O) groups is 1.